The molecule has 2 fully saturated rings. The number of amides is 1. The minimum atomic E-state index is -3.58. The summed E-state index contributed by atoms with van der Waals surface area (Å²) >= 11 is 0. The highest BCUT2D eigenvalue weighted by atomic mass is 32.2. The molecule has 3 heterocycles. The third kappa shape index (κ3) is 6.84. The minimum absolute atomic E-state index is 0. The van der Waals surface area contributed by atoms with Gasteiger partial charge in [-0.2, -0.15) is 10.4 Å². The molecular formula is C32H47N7O4S. The third-order valence-electron chi connectivity index (χ3n) is 8.82. The van der Waals surface area contributed by atoms with Gasteiger partial charge in [-0.05, 0) is 56.0 Å². The summed E-state index contributed by atoms with van der Waals surface area (Å²) < 4.78 is 27.9. The molecule has 11 nitrogen and oxygen atoms in total. The van der Waals surface area contributed by atoms with E-state index in [1.54, 1.807) is 29.1 Å². The number of likely N-dealkylation sites (tertiary alicyclic amines) is 1. The van der Waals surface area contributed by atoms with Gasteiger partial charge >= 0.3 is 0 Å². The lowest BCUT2D eigenvalue weighted by atomic mass is 9.83. The summed E-state index contributed by atoms with van der Waals surface area (Å²) in [6.07, 6.45) is 10.6. The van der Waals surface area contributed by atoms with Crippen LogP contribution >= 0.6 is 0 Å². The van der Waals surface area contributed by atoms with E-state index in [-0.39, 0.29) is 43.6 Å². The molecule has 12 heteroatoms. The highest BCUT2D eigenvalue weighted by Gasteiger charge is 2.41. The number of aromatic amines is 1. The van der Waals surface area contributed by atoms with Crippen molar-refractivity contribution in [3.8, 4) is 6.07 Å². The van der Waals surface area contributed by atoms with Gasteiger partial charge in [0.25, 0.3) is 5.56 Å². The number of benzene rings is 1. The van der Waals surface area contributed by atoms with Gasteiger partial charge in [0.15, 0.2) is 5.82 Å². The summed E-state index contributed by atoms with van der Waals surface area (Å²) in [5.41, 5.74) is 0.166. The number of rotatable bonds is 7. The van der Waals surface area contributed by atoms with Gasteiger partial charge in [0.1, 0.15) is 5.39 Å². The van der Waals surface area contributed by atoms with E-state index in [4.69, 9.17) is 5.10 Å². The van der Waals surface area contributed by atoms with Crippen LogP contribution in [0.15, 0.2) is 46.2 Å². The standard InChI is InChI=1S/C30H39N7O4S.2CH4/c1-35(2)42(40,41)24-12-10-23(11-13-24)33-27-26-25(14-19-32-28(26)38)37(34-27)30(15-18-31)16-20-36(21-17-30)29(39)22-8-6-4-3-5-7-9-22;;/h10-14,19,22H,3-9,15-17,20-21H2,1-2H3,(H,32,38)(H,33,34);2*1H4. The van der Waals surface area contributed by atoms with Gasteiger partial charge in [-0.1, -0.05) is 47.0 Å². The first-order chi connectivity index (χ1) is 20.2. The summed E-state index contributed by atoms with van der Waals surface area (Å²) in [6, 6.07) is 10.4. The molecule has 1 aliphatic heterocycles. The number of anilines is 2. The second-order valence-electron chi connectivity index (χ2n) is 11.7. The summed E-state index contributed by atoms with van der Waals surface area (Å²) in [5, 5.41) is 18.3. The zero-order chi connectivity index (χ0) is 29.9. The number of piperidine rings is 1. The van der Waals surface area contributed by atoms with Gasteiger partial charge in [-0.3, -0.25) is 14.3 Å². The predicted molar refractivity (Wildman–Crippen MR) is 174 cm³/mol. The smallest absolute Gasteiger partial charge is 0.261 e. The molecule has 44 heavy (non-hydrogen) atoms. The molecule has 2 aliphatic rings. The molecule has 0 unspecified atom stereocenters. The van der Waals surface area contributed by atoms with E-state index < -0.39 is 15.6 Å². The molecule has 1 saturated heterocycles. The summed E-state index contributed by atoms with van der Waals surface area (Å²) in [4.78, 5) is 31.3. The number of carbonyl (C=O) groups excluding carboxylic acids is 1. The Hall–Kier alpha value is -3.69. The molecule has 0 spiro atoms. The number of nitrogens with one attached hydrogen (secondary N) is 2. The maximum absolute atomic E-state index is 13.5. The van der Waals surface area contributed by atoms with Crippen molar-refractivity contribution in [1.82, 2.24) is 24.0 Å². The molecule has 1 aliphatic carbocycles. The van der Waals surface area contributed by atoms with Crippen LogP contribution in [0.5, 0.6) is 0 Å². The predicted octanol–water partition coefficient (Wildman–Crippen LogP) is 5.58. The number of hydrogen-bond donors (Lipinski definition) is 2. The summed E-state index contributed by atoms with van der Waals surface area (Å²) in [5.74, 6) is 0.625. The lowest BCUT2D eigenvalue weighted by Crippen LogP contribution is -2.49. The van der Waals surface area contributed by atoms with Crippen molar-refractivity contribution in [3.63, 3.8) is 0 Å². The van der Waals surface area contributed by atoms with E-state index in [0.717, 1.165) is 30.0 Å². The van der Waals surface area contributed by atoms with E-state index in [0.29, 0.717) is 48.3 Å². The van der Waals surface area contributed by atoms with Crippen molar-refractivity contribution < 1.29 is 13.2 Å². The number of sulfonamides is 1. The van der Waals surface area contributed by atoms with Crippen molar-refractivity contribution in [2.75, 3.05) is 32.5 Å². The van der Waals surface area contributed by atoms with Crippen LogP contribution in [0.1, 0.15) is 79.1 Å². The molecule has 3 aromatic rings. The molecule has 0 radical (unpaired) electrons. The van der Waals surface area contributed by atoms with Crippen LogP contribution in [-0.2, 0) is 20.4 Å². The second-order valence-corrected chi connectivity index (χ2v) is 13.8. The van der Waals surface area contributed by atoms with Crippen molar-refractivity contribution in [3.05, 3.63) is 46.9 Å². The van der Waals surface area contributed by atoms with Crippen LogP contribution in [0.3, 0.4) is 0 Å². The number of carbonyl (C=O) groups is 1. The van der Waals surface area contributed by atoms with Crippen molar-refractivity contribution in [2.24, 2.45) is 5.92 Å². The molecule has 5 rings (SSSR count). The Morgan fingerprint density at radius 3 is 2.27 bits per heavy atom. The quantitative estimate of drug-likeness (QED) is 0.349. The van der Waals surface area contributed by atoms with Crippen LogP contribution in [0.2, 0.25) is 0 Å². The monoisotopic (exact) mass is 625 g/mol. The number of hydrogen-bond acceptors (Lipinski definition) is 7. The van der Waals surface area contributed by atoms with Crippen molar-refractivity contribution in [2.45, 2.75) is 89.5 Å². The Bertz CT molecular complexity index is 1620. The van der Waals surface area contributed by atoms with Crippen LogP contribution in [0.25, 0.3) is 10.9 Å². The zero-order valence-electron chi connectivity index (χ0n) is 24.3. The van der Waals surface area contributed by atoms with E-state index in [1.165, 1.54) is 45.5 Å². The van der Waals surface area contributed by atoms with Crippen LogP contribution < -0.4 is 10.9 Å². The lowest BCUT2D eigenvalue weighted by Gasteiger charge is -2.42. The Balaban J connectivity index is 0.00000264. The van der Waals surface area contributed by atoms with Crippen LogP contribution in [-0.4, -0.2) is 65.5 Å². The van der Waals surface area contributed by atoms with Crippen LogP contribution in [0.4, 0.5) is 11.5 Å². The largest absolute Gasteiger partial charge is 0.342 e. The molecule has 240 valence electrons. The maximum atomic E-state index is 13.5. The van der Waals surface area contributed by atoms with E-state index >= 15 is 0 Å². The van der Waals surface area contributed by atoms with Gasteiger partial charge in [0.2, 0.25) is 15.9 Å². The average molecular weight is 626 g/mol. The molecule has 0 atom stereocenters. The zero-order valence-corrected chi connectivity index (χ0v) is 25.1. The van der Waals surface area contributed by atoms with E-state index in [1.807, 2.05) is 4.90 Å². The molecule has 1 aromatic carbocycles. The first-order valence-electron chi connectivity index (χ1n) is 14.7. The van der Waals surface area contributed by atoms with Crippen molar-refractivity contribution >= 4 is 38.3 Å². The Kier molecular flexibility index (Phi) is 11.4. The fraction of sp³-hybridized carbons (Fsp3) is 0.562. The highest BCUT2D eigenvalue weighted by Crippen LogP contribution is 2.38. The highest BCUT2D eigenvalue weighted by molar-refractivity contribution is 7.89. The number of pyridine rings is 1. The molecular weight excluding hydrogens is 578 g/mol. The number of aromatic nitrogens is 3. The topological polar surface area (TPSA) is 144 Å². The van der Waals surface area contributed by atoms with Crippen molar-refractivity contribution in [1.29, 1.82) is 5.26 Å². The fourth-order valence-corrected chi connectivity index (χ4v) is 7.20. The van der Waals surface area contributed by atoms with Crippen LogP contribution in [0, 0.1) is 17.2 Å². The minimum Gasteiger partial charge on any atom is -0.342 e. The third-order valence-corrected chi connectivity index (χ3v) is 10.6. The number of nitrogens with zero attached hydrogens (tertiary/aromatic N) is 5. The van der Waals surface area contributed by atoms with Gasteiger partial charge in [-0.25, -0.2) is 12.7 Å². The van der Waals surface area contributed by atoms with E-state index in [2.05, 4.69) is 16.4 Å². The average Bonchev–Trinajstić information content (AvgIpc) is 3.33. The van der Waals surface area contributed by atoms with Gasteiger partial charge < -0.3 is 15.2 Å². The van der Waals surface area contributed by atoms with Gasteiger partial charge in [-0.15, -0.1) is 0 Å². The maximum Gasteiger partial charge on any atom is 0.261 e. The first-order valence-corrected chi connectivity index (χ1v) is 16.2. The Labute approximate surface area is 261 Å². The first kappa shape index (κ1) is 34.8. The summed E-state index contributed by atoms with van der Waals surface area (Å²) in [6.45, 7) is 1.07. The van der Waals surface area contributed by atoms with E-state index in [9.17, 15) is 23.3 Å². The Morgan fingerprint density at radius 2 is 1.68 bits per heavy atom. The number of H-pyrrole nitrogens is 1. The molecule has 0 bridgehead atoms. The molecule has 1 saturated carbocycles. The lowest BCUT2D eigenvalue weighted by molar-refractivity contribution is -0.138. The Morgan fingerprint density at radius 1 is 1.07 bits per heavy atom. The summed E-state index contributed by atoms with van der Waals surface area (Å²) in [7, 11) is -0.633. The molecule has 2 aromatic heterocycles. The molecule has 2 N–H and O–H groups in total. The normalized spacial score (nSPS) is 17.5. The number of fused-ring (bicyclic) bond motifs is 1. The van der Waals surface area contributed by atoms with Gasteiger partial charge in [0.05, 0.1) is 28.4 Å². The van der Waals surface area contributed by atoms with Gasteiger partial charge in [0, 0.05) is 45.0 Å². The second kappa shape index (κ2) is 14.4. The molecule has 1 amide bonds. The SMILES string of the molecule is C.C.CN(C)S(=O)(=O)c1ccc(Nc2nn(C3(CC#N)CCN(C(=O)C4CCCCCCC4)CC3)c3cc[nH]c(=O)c23)cc1. The fourth-order valence-electron chi connectivity index (χ4n) is 6.30. The number of nitriles is 1.